The average molecular weight is 358 g/mol. The maximum absolute atomic E-state index is 9.73. The maximum atomic E-state index is 9.73. The van der Waals surface area contributed by atoms with Crippen LogP contribution in [-0.4, -0.2) is 10.2 Å². The molecule has 2 nitrogen and oxygen atoms in total. The fraction of sp³-hybridized carbons (Fsp3) is 0.280. The average Bonchev–Trinajstić information content (AvgIpc) is 2.70. The standard InChI is InChI=1S/C25H26O2/c1-18-2-4-19(5-3-18)20-14-16-25(17-15-20,21-6-10-23(26)11-7-21)22-8-12-24(27)13-9-22/h2-13,20,26-27H,14-17H2,1H3. The molecule has 0 bridgehead atoms. The second-order valence-corrected chi connectivity index (χ2v) is 7.86. The third-order valence-corrected chi connectivity index (χ3v) is 6.23. The Balaban J connectivity index is 1.67. The van der Waals surface area contributed by atoms with E-state index in [1.54, 1.807) is 24.3 Å². The van der Waals surface area contributed by atoms with Gasteiger partial charge in [0.1, 0.15) is 11.5 Å². The first-order valence-corrected chi connectivity index (χ1v) is 9.72. The third-order valence-electron chi connectivity index (χ3n) is 6.23. The predicted octanol–water partition coefficient (Wildman–Crippen LogP) is 6.05. The van der Waals surface area contributed by atoms with Crippen molar-refractivity contribution >= 4 is 0 Å². The summed E-state index contributed by atoms with van der Waals surface area (Å²) in [6.45, 7) is 2.13. The molecule has 2 heteroatoms. The predicted molar refractivity (Wildman–Crippen MR) is 109 cm³/mol. The molecule has 1 fully saturated rings. The van der Waals surface area contributed by atoms with E-state index in [9.17, 15) is 10.2 Å². The highest BCUT2D eigenvalue weighted by atomic mass is 16.3. The number of rotatable bonds is 3. The van der Waals surface area contributed by atoms with E-state index < -0.39 is 0 Å². The Hall–Kier alpha value is -2.74. The van der Waals surface area contributed by atoms with Crippen molar-refractivity contribution in [1.82, 2.24) is 0 Å². The van der Waals surface area contributed by atoms with Crippen LogP contribution < -0.4 is 0 Å². The molecule has 138 valence electrons. The van der Waals surface area contributed by atoms with Gasteiger partial charge >= 0.3 is 0 Å². The fourth-order valence-electron chi connectivity index (χ4n) is 4.59. The molecule has 0 spiro atoms. The van der Waals surface area contributed by atoms with Gasteiger partial charge < -0.3 is 10.2 Å². The SMILES string of the molecule is Cc1ccc(C2CCC(c3ccc(O)cc3)(c3ccc(O)cc3)CC2)cc1. The third kappa shape index (κ3) is 3.44. The normalized spacial score (nSPS) is 16.9. The Kier molecular flexibility index (Phi) is 4.65. The molecule has 1 aliphatic rings. The number of phenols is 2. The van der Waals surface area contributed by atoms with Crippen LogP contribution in [0.4, 0.5) is 0 Å². The molecule has 0 atom stereocenters. The molecule has 27 heavy (non-hydrogen) atoms. The molecule has 4 rings (SSSR count). The number of aryl methyl sites for hydroxylation is 1. The lowest BCUT2D eigenvalue weighted by Crippen LogP contribution is -2.32. The zero-order valence-electron chi connectivity index (χ0n) is 15.7. The molecule has 1 aliphatic carbocycles. The van der Waals surface area contributed by atoms with Crippen LogP contribution in [0.3, 0.4) is 0 Å². The van der Waals surface area contributed by atoms with Crippen molar-refractivity contribution in [1.29, 1.82) is 0 Å². The van der Waals surface area contributed by atoms with Crippen molar-refractivity contribution in [3.8, 4) is 11.5 Å². The summed E-state index contributed by atoms with van der Waals surface area (Å²) < 4.78 is 0. The molecule has 3 aromatic carbocycles. The van der Waals surface area contributed by atoms with Crippen molar-refractivity contribution in [3.63, 3.8) is 0 Å². The highest BCUT2D eigenvalue weighted by Crippen LogP contribution is 2.49. The Labute approximate surface area is 161 Å². The lowest BCUT2D eigenvalue weighted by atomic mass is 9.62. The molecular weight excluding hydrogens is 332 g/mol. The van der Waals surface area contributed by atoms with Crippen LogP contribution in [0.5, 0.6) is 11.5 Å². The highest BCUT2D eigenvalue weighted by Gasteiger charge is 2.38. The first-order valence-electron chi connectivity index (χ1n) is 9.72. The van der Waals surface area contributed by atoms with Crippen LogP contribution in [0, 0.1) is 6.92 Å². The first-order chi connectivity index (χ1) is 13.1. The van der Waals surface area contributed by atoms with Gasteiger partial charge in [-0.1, -0.05) is 54.1 Å². The van der Waals surface area contributed by atoms with Crippen molar-refractivity contribution < 1.29 is 10.2 Å². The molecule has 0 heterocycles. The van der Waals surface area contributed by atoms with E-state index >= 15 is 0 Å². The van der Waals surface area contributed by atoms with Gasteiger partial charge in [0.15, 0.2) is 0 Å². The molecule has 0 aliphatic heterocycles. The van der Waals surface area contributed by atoms with Crippen molar-refractivity contribution in [2.45, 2.75) is 43.9 Å². The van der Waals surface area contributed by atoms with Crippen molar-refractivity contribution in [3.05, 3.63) is 95.1 Å². The number of benzene rings is 3. The van der Waals surface area contributed by atoms with Crippen LogP contribution in [0.1, 0.15) is 53.9 Å². The zero-order chi connectivity index (χ0) is 18.9. The maximum Gasteiger partial charge on any atom is 0.115 e. The van der Waals surface area contributed by atoms with E-state index in [0.29, 0.717) is 17.4 Å². The summed E-state index contributed by atoms with van der Waals surface area (Å²) in [6.07, 6.45) is 4.37. The van der Waals surface area contributed by atoms with E-state index in [2.05, 4.69) is 31.2 Å². The van der Waals surface area contributed by atoms with E-state index in [1.807, 2.05) is 24.3 Å². The molecule has 0 saturated heterocycles. The van der Waals surface area contributed by atoms with Crippen LogP contribution in [0.2, 0.25) is 0 Å². The summed E-state index contributed by atoms with van der Waals surface area (Å²) in [5, 5.41) is 19.5. The van der Waals surface area contributed by atoms with Gasteiger partial charge in [-0.25, -0.2) is 0 Å². The largest absolute Gasteiger partial charge is 0.508 e. The summed E-state index contributed by atoms with van der Waals surface area (Å²) in [5.74, 6) is 1.19. The van der Waals surface area contributed by atoms with Crippen LogP contribution in [-0.2, 0) is 5.41 Å². The molecule has 0 amide bonds. The van der Waals surface area contributed by atoms with Crippen LogP contribution in [0.15, 0.2) is 72.8 Å². The topological polar surface area (TPSA) is 40.5 Å². The van der Waals surface area contributed by atoms with Crippen molar-refractivity contribution in [2.24, 2.45) is 0 Å². The lowest BCUT2D eigenvalue weighted by Gasteiger charge is -2.41. The Morgan fingerprint density at radius 3 is 1.56 bits per heavy atom. The van der Waals surface area contributed by atoms with E-state index in [1.165, 1.54) is 22.3 Å². The molecular formula is C25H26O2. The van der Waals surface area contributed by atoms with Gasteiger partial charge in [-0.2, -0.15) is 0 Å². The second kappa shape index (κ2) is 7.11. The lowest BCUT2D eigenvalue weighted by molar-refractivity contribution is 0.314. The van der Waals surface area contributed by atoms with E-state index in [4.69, 9.17) is 0 Å². The molecule has 0 unspecified atom stereocenters. The second-order valence-electron chi connectivity index (χ2n) is 7.86. The summed E-state index contributed by atoms with van der Waals surface area (Å²) >= 11 is 0. The summed E-state index contributed by atoms with van der Waals surface area (Å²) in [5.41, 5.74) is 5.16. The molecule has 0 aromatic heterocycles. The minimum atomic E-state index is -0.0669. The van der Waals surface area contributed by atoms with Crippen LogP contribution in [0.25, 0.3) is 0 Å². The number of hydrogen-bond acceptors (Lipinski definition) is 2. The summed E-state index contributed by atoms with van der Waals surface area (Å²) in [7, 11) is 0. The van der Waals surface area contributed by atoms with Gasteiger partial charge in [0.05, 0.1) is 0 Å². The highest BCUT2D eigenvalue weighted by molar-refractivity contribution is 5.44. The Bertz CT molecular complexity index is 837. The summed E-state index contributed by atoms with van der Waals surface area (Å²) in [6, 6.07) is 24.3. The monoisotopic (exact) mass is 358 g/mol. The quantitative estimate of drug-likeness (QED) is 0.598. The van der Waals surface area contributed by atoms with Gasteiger partial charge in [-0.15, -0.1) is 0 Å². The summed E-state index contributed by atoms with van der Waals surface area (Å²) in [4.78, 5) is 0. The molecule has 1 saturated carbocycles. The van der Waals surface area contributed by atoms with E-state index in [0.717, 1.165) is 25.7 Å². The minimum Gasteiger partial charge on any atom is -0.508 e. The van der Waals surface area contributed by atoms with Crippen molar-refractivity contribution in [2.75, 3.05) is 0 Å². The van der Waals surface area contributed by atoms with Gasteiger partial charge in [0.25, 0.3) is 0 Å². The van der Waals surface area contributed by atoms with E-state index in [-0.39, 0.29) is 5.41 Å². The first kappa shape index (κ1) is 17.7. The number of hydrogen-bond donors (Lipinski definition) is 2. The fourth-order valence-corrected chi connectivity index (χ4v) is 4.59. The number of phenolic OH excluding ortho intramolecular Hbond substituents is 2. The molecule has 3 aromatic rings. The molecule has 2 N–H and O–H groups in total. The Morgan fingerprint density at radius 1 is 0.667 bits per heavy atom. The number of aromatic hydroxyl groups is 2. The van der Waals surface area contributed by atoms with Gasteiger partial charge in [-0.05, 0) is 79.5 Å². The smallest absolute Gasteiger partial charge is 0.115 e. The Morgan fingerprint density at radius 2 is 1.11 bits per heavy atom. The molecule has 0 radical (unpaired) electrons. The van der Waals surface area contributed by atoms with Gasteiger partial charge in [0.2, 0.25) is 0 Å². The minimum absolute atomic E-state index is 0.0669. The van der Waals surface area contributed by atoms with Gasteiger partial charge in [0, 0.05) is 5.41 Å². The zero-order valence-corrected chi connectivity index (χ0v) is 15.7. The van der Waals surface area contributed by atoms with Gasteiger partial charge in [-0.3, -0.25) is 0 Å². The van der Waals surface area contributed by atoms with Crippen LogP contribution >= 0.6 is 0 Å².